The van der Waals surface area contributed by atoms with E-state index >= 15 is 0 Å². The van der Waals surface area contributed by atoms with E-state index in [1.165, 1.54) is 0 Å². The van der Waals surface area contributed by atoms with E-state index in [2.05, 4.69) is 15.3 Å². The number of carbonyl (C=O) groups is 1. The summed E-state index contributed by atoms with van der Waals surface area (Å²) in [5.41, 5.74) is 5.50. The zero-order valence-electron chi connectivity index (χ0n) is 15.2. The van der Waals surface area contributed by atoms with Crippen molar-refractivity contribution in [3.05, 3.63) is 65.1 Å². The van der Waals surface area contributed by atoms with Crippen LogP contribution in [0.3, 0.4) is 0 Å². The quantitative estimate of drug-likeness (QED) is 0.739. The average molecular weight is 373 g/mol. The van der Waals surface area contributed by atoms with Gasteiger partial charge in [-0.25, -0.2) is 0 Å². The van der Waals surface area contributed by atoms with Crippen LogP contribution in [0.15, 0.2) is 42.6 Å². The van der Waals surface area contributed by atoms with Gasteiger partial charge in [0.15, 0.2) is 11.5 Å². The van der Waals surface area contributed by atoms with Gasteiger partial charge in [0.2, 0.25) is 0 Å². The van der Waals surface area contributed by atoms with E-state index in [4.69, 9.17) is 9.47 Å². The van der Waals surface area contributed by atoms with Crippen molar-refractivity contribution in [3.63, 3.8) is 0 Å². The van der Waals surface area contributed by atoms with E-state index in [-0.39, 0.29) is 5.91 Å². The maximum absolute atomic E-state index is 12.0. The van der Waals surface area contributed by atoms with Crippen molar-refractivity contribution in [1.29, 1.82) is 0 Å². The fourth-order valence-electron chi connectivity index (χ4n) is 3.50. The number of hydrogen-bond donors (Lipinski definition) is 2. The molecular weight excluding hydrogens is 354 g/mol. The van der Waals surface area contributed by atoms with Crippen molar-refractivity contribution in [2.45, 2.75) is 6.42 Å². The topological polar surface area (TPSA) is 76.2 Å². The van der Waals surface area contributed by atoms with Crippen molar-refractivity contribution in [2.75, 3.05) is 19.8 Å². The third kappa shape index (κ3) is 3.13. The second-order valence-corrected chi connectivity index (χ2v) is 6.79. The first-order valence-electron chi connectivity index (χ1n) is 9.30. The molecule has 28 heavy (non-hydrogen) atoms. The lowest BCUT2D eigenvalue weighted by atomic mass is 10.1. The van der Waals surface area contributed by atoms with Crippen molar-refractivity contribution in [3.8, 4) is 22.8 Å². The molecule has 0 unspecified atom stereocenters. The summed E-state index contributed by atoms with van der Waals surface area (Å²) in [6, 6.07) is 11.7. The summed E-state index contributed by atoms with van der Waals surface area (Å²) in [5.74, 6) is 1.53. The number of aromatic nitrogens is 2. The normalized spacial score (nSPS) is 15.4. The number of hydrogen-bond acceptors (Lipinski definition) is 4. The Morgan fingerprint density at radius 1 is 1.00 bits per heavy atom. The first-order valence-corrected chi connectivity index (χ1v) is 9.30. The van der Waals surface area contributed by atoms with Gasteiger partial charge in [-0.3, -0.25) is 9.78 Å². The highest BCUT2D eigenvalue weighted by atomic mass is 16.6. The van der Waals surface area contributed by atoms with Crippen molar-refractivity contribution in [1.82, 2.24) is 15.3 Å². The molecule has 2 aliphatic rings. The van der Waals surface area contributed by atoms with Crippen LogP contribution in [0.5, 0.6) is 11.5 Å². The summed E-state index contributed by atoms with van der Waals surface area (Å²) in [6.45, 7) is 1.83. The molecule has 0 radical (unpaired) electrons. The van der Waals surface area contributed by atoms with E-state index in [0.29, 0.717) is 19.8 Å². The molecule has 6 heteroatoms. The van der Waals surface area contributed by atoms with Gasteiger partial charge < -0.3 is 19.8 Å². The number of pyridine rings is 1. The number of aromatic amines is 1. The molecule has 2 aromatic heterocycles. The Morgan fingerprint density at radius 2 is 1.89 bits per heavy atom. The summed E-state index contributed by atoms with van der Waals surface area (Å²) < 4.78 is 11.2. The van der Waals surface area contributed by atoms with Gasteiger partial charge in [-0.05, 0) is 42.0 Å². The van der Waals surface area contributed by atoms with Crippen LogP contribution in [0.1, 0.15) is 27.3 Å². The van der Waals surface area contributed by atoms with Gasteiger partial charge in [0.05, 0.1) is 11.3 Å². The number of benzene rings is 1. The molecule has 2 aliphatic heterocycles. The standard InChI is InChI=1S/C22H19N3O3/c26-22-17-13-19(25-18(17)6-8-24-22)15-5-7-23-16(12-15)3-1-14-2-4-20-21(11-14)28-10-9-27-20/h1-5,7,11-13,25H,6,8-10H2,(H,24,26)/b3-1+. The minimum absolute atomic E-state index is 0.0171. The van der Waals surface area contributed by atoms with E-state index in [9.17, 15) is 4.79 Å². The summed E-state index contributed by atoms with van der Waals surface area (Å²) in [7, 11) is 0. The lowest BCUT2D eigenvalue weighted by molar-refractivity contribution is 0.0946. The second kappa shape index (κ2) is 6.88. The summed E-state index contributed by atoms with van der Waals surface area (Å²) in [6.07, 6.45) is 6.56. The maximum atomic E-state index is 12.0. The molecular formula is C22H19N3O3. The molecule has 5 rings (SSSR count). The highest BCUT2D eigenvalue weighted by Gasteiger charge is 2.20. The van der Waals surface area contributed by atoms with Crippen LogP contribution in [0, 0.1) is 0 Å². The molecule has 1 aromatic carbocycles. The lowest BCUT2D eigenvalue weighted by Gasteiger charge is -2.18. The number of fused-ring (bicyclic) bond motifs is 2. The van der Waals surface area contributed by atoms with Crippen molar-refractivity contribution in [2.24, 2.45) is 0 Å². The third-order valence-electron chi connectivity index (χ3n) is 4.91. The molecule has 2 N–H and O–H groups in total. The van der Waals surface area contributed by atoms with Gasteiger partial charge in [0, 0.05) is 36.1 Å². The van der Waals surface area contributed by atoms with Crippen LogP contribution in [0.4, 0.5) is 0 Å². The molecule has 0 atom stereocenters. The Hall–Kier alpha value is -3.54. The highest BCUT2D eigenvalue weighted by Crippen LogP contribution is 2.31. The van der Waals surface area contributed by atoms with Crippen LogP contribution >= 0.6 is 0 Å². The SMILES string of the molecule is O=C1NCCc2[nH]c(-c3ccnc(/C=C/c4ccc5c(c4)OCCO5)c3)cc21. The van der Waals surface area contributed by atoms with Gasteiger partial charge in [-0.1, -0.05) is 12.1 Å². The largest absolute Gasteiger partial charge is 0.486 e. The Labute approximate surface area is 162 Å². The minimum Gasteiger partial charge on any atom is -0.486 e. The van der Waals surface area contributed by atoms with Crippen LogP contribution in [0.25, 0.3) is 23.4 Å². The molecule has 1 amide bonds. The summed E-state index contributed by atoms with van der Waals surface area (Å²) in [4.78, 5) is 19.8. The first-order chi connectivity index (χ1) is 13.8. The number of H-pyrrole nitrogens is 1. The van der Waals surface area contributed by atoms with Crippen LogP contribution < -0.4 is 14.8 Å². The van der Waals surface area contributed by atoms with E-state index in [1.807, 2.05) is 48.6 Å². The Bertz CT molecular complexity index is 1080. The van der Waals surface area contributed by atoms with Gasteiger partial charge in [-0.15, -0.1) is 0 Å². The first kappa shape index (κ1) is 16.6. The number of ether oxygens (including phenoxy) is 2. The monoisotopic (exact) mass is 373 g/mol. The molecule has 0 aliphatic carbocycles. The molecule has 3 aromatic rings. The summed E-state index contributed by atoms with van der Waals surface area (Å²) in [5, 5.41) is 2.87. The molecule has 0 fully saturated rings. The van der Waals surface area contributed by atoms with Gasteiger partial charge in [-0.2, -0.15) is 0 Å². The number of amides is 1. The van der Waals surface area contributed by atoms with E-state index in [1.54, 1.807) is 6.20 Å². The lowest BCUT2D eigenvalue weighted by Crippen LogP contribution is -2.31. The highest BCUT2D eigenvalue weighted by molar-refractivity contribution is 5.97. The Balaban J connectivity index is 1.40. The maximum Gasteiger partial charge on any atom is 0.253 e. The Morgan fingerprint density at radius 3 is 2.79 bits per heavy atom. The number of nitrogens with one attached hydrogen (secondary N) is 2. The predicted molar refractivity (Wildman–Crippen MR) is 106 cm³/mol. The molecule has 0 spiro atoms. The fraction of sp³-hybridized carbons (Fsp3) is 0.182. The Kier molecular flexibility index (Phi) is 4.09. The summed E-state index contributed by atoms with van der Waals surface area (Å²) >= 11 is 0. The molecule has 6 nitrogen and oxygen atoms in total. The van der Waals surface area contributed by atoms with Gasteiger partial charge in [0.1, 0.15) is 13.2 Å². The molecule has 4 heterocycles. The predicted octanol–water partition coefficient (Wildman–Crippen LogP) is 3.30. The number of carbonyl (C=O) groups excluding carboxylic acids is 1. The third-order valence-corrected chi connectivity index (χ3v) is 4.91. The minimum atomic E-state index is -0.0171. The number of rotatable bonds is 3. The molecule has 0 saturated heterocycles. The zero-order valence-corrected chi connectivity index (χ0v) is 15.2. The van der Waals surface area contributed by atoms with Crippen molar-refractivity contribution >= 4 is 18.1 Å². The van der Waals surface area contributed by atoms with Crippen LogP contribution in [-0.2, 0) is 6.42 Å². The van der Waals surface area contributed by atoms with Crippen LogP contribution in [0.2, 0.25) is 0 Å². The van der Waals surface area contributed by atoms with Crippen LogP contribution in [-0.4, -0.2) is 35.6 Å². The number of nitrogens with zero attached hydrogens (tertiary/aromatic N) is 1. The molecule has 0 saturated carbocycles. The van der Waals surface area contributed by atoms with Gasteiger partial charge in [0.25, 0.3) is 5.91 Å². The average Bonchev–Trinajstić information content (AvgIpc) is 3.18. The van der Waals surface area contributed by atoms with E-state index in [0.717, 1.165) is 51.7 Å². The zero-order chi connectivity index (χ0) is 18.9. The molecule has 0 bridgehead atoms. The fourth-order valence-corrected chi connectivity index (χ4v) is 3.50. The van der Waals surface area contributed by atoms with Gasteiger partial charge >= 0.3 is 0 Å². The molecule has 140 valence electrons. The smallest absolute Gasteiger partial charge is 0.253 e. The van der Waals surface area contributed by atoms with E-state index < -0.39 is 0 Å². The van der Waals surface area contributed by atoms with Crippen molar-refractivity contribution < 1.29 is 14.3 Å². The second-order valence-electron chi connectivity index (χ2n) is 6.79.